The molecule has 0 aliphatic heterocycles. The Labute approximate surface area is 515 Å². The highest BCUT2D eigenvalue weighted by Crippen LogP contribution is 2.57. The highest BCUT2D eigenvalue weighted by molar-refractivity contribution is 5.77. The Bertz CT molecular complexity index is 1800. The maximum atomic E-state index is 12.7. The highest BCUT2D eigenvalue weighted by atomic mass is 16.7. The number of esters is 5. The van der Waals surface area contributed by atoms with Crippen molar-refractivity contribution in [3.8, 4) is 0 Å². The molecule has 5 rings (SSSR count). The monoisotopic (exact) mass is 1190 g/mol. The number of rotatable bonds is 27. The zero-order chi connectivity index (χ0) is 63.8. The minimum Gasteiger partial charge on any atom is -0.458 e. The van der Waals surface area contributed by atoms with Crippen LogP contribution in [0.25, 0.3) is 0 Å². The van der Waals surface area contributed by atoms with Crippen molar-refractivity contribution in [1.82, 2.24) is 0 Å². The number of ether oxygens (including phenoxy) is 8. The average Bonchev–Trinajstić information content (AvgIpc) is 2.68. The van der Waals surface area contributed by atoms with Gasteiger partial charge in [0.05, 0.1) is 28.6 Å². The molecule has 0 heterocycles. The van der Waals surface area contributed by atoms with Crippen LogP contribution in [0.3, 0.4) is 0 Å². The topological polar surface area (TPSA) is 159 Å². The number of carbonyl (C=O) groups excluding carboxylic acids is 5. The van der Waals surface area contributed by atoms with Crippen molar-refractivity contribution < 1.29 is 61.9 Å². The first-order valence-electron chi connectivity index (χ1n) is 34.5. The highest BCUT2D eigenvalue weighted by Gasteiger charge is 2.54. The largest absolute Gasteiger partial charge is 0.458 e. The van der Waals surface area contributed by atoms with Crippen LogP contribution in [-0.2, 0) is 61.9 Å². The van der Waals surface area contributed by atoms with Crippen LogP contribution >= 0.6 is 0 Å². The molecular weight excluding hydrogens is 1060 g/mol. The summed E-state index contributed by atoms with van der Waals surface area (Å²) in [4.78, 5) is 59.8. The fourth-order valence-electron chi connectivity index (χ4n) is 12.2. The molecule has 0 aromatic rings. The van der Waals surface area contributed by atoms with Crippen molar-refractivity contribution >= 4 is 29.8 Å². The summed E-state index contributed by atoms with van der Waals surface area (Å²) in [5.74, 6) is 3.20. The summed E-state index contributed by atoms with van der Waals surface area (Å²) in [6.07, 6.45) is 28.9. The van der Waals surface area contributed by atoms with Gasteiger partial charge in [-0.05, 0) is 188 Å². The van der Waals surface area contributed by atoms with Gasteiger partial charge >= 0.3 is 29.8 Å². The first-order chi connectivity index (χ1) is 39.6. The van der Waals surface area contributed by atoms with E-state index in [9.17, 15) is 24.0 Å². The lowest BCUT2D eigenvalue weighted by molar-refractivity contribution is -0.195. The third kappa shape index (κ3) is 26.1. The quantitative estimate of drug-likeness (QED) is 0.0435. The van der Waals surface area contributed by atoms with E-state index >= 15 is 0 Å². The van der Waals surface area contributed by atoms with Crippen LogP contribution in [0, 0.1) is 70.0 Å². The molecule has 5 aliphatic rings. The van der Waals surface area contributed by atoms with E-state index in [4.69, 9.17) is 37.9 Å². The number of carbonyl (C=O) groups is 5. The standard InChI is InChI=1S/C19H32O2.C18H32O2.C13H26O3.C11H22O3.C10H20O3/c1-4-18(2,3)17(20)21-19(10-6-5-7-11-19)16-13-14-8-9-15(16)12-14;1-4-17(2,3)16(19)20-18(13-9-6-10-14-18)15-11-7-5-8-12-15;1-6-10(5)12(14)16-13(15-9-4)11(7-2)8-3;1-6-9(5)10(12)14-11(8(3)4)13-7-2;1-6-8(4)9(11)13-10(12-5)7(2)3/h14-16H,4-13H2,1-3H3;15H,4-14H2,1-3H3;10-11,13H,6-9H2,1-5H3;8-9,11H,6-7H2,1-5H3;7-8,10H,6H2,1-5H3. The molecule has 5 saturated carbocycles. The van der Waals surface area contributed by atoms with Crippen molar-refractivity contribution in [1.29, 1.82) is 0 Å². The number of methoxy groups -OCH3 is 1. The molecule has 0 spiro atoms. The van der Waals surface area contributed by atoms with Gasteiger partial charge in [0, 0.05) is 44.0 Å². The lowest BCUT2D eigenvalue weighted by Gasteiger charge is -2.46. The Kier molecular flexibility index (Phi) is 38.4. The fourth-order valence-corrected chi connectivity index (χ4v) is 12.2. The van der Waals surface area contributed by atoms with Crippen LogP contribution in [0.4, 0.5) is 0 Å². The summed E-state index contributed by atoms with van der Waals surface area (Å²) in [5, 5.41) is 0. The molecule has 0 aromatic heterocycles. The Morgan fingerprint density at radius 1 is 0.452 bits per heavy atom. The van der Waals surface area contributed by atoms with E-state index in [2.05, 4.69) is 27.7 Å². The van der Waals surface area contributed by atoms with Gasteiger partial charge in [0.25, 0.3) is 0 Å². The second kappa shape index (κ2) is 40.7. The molecule has 5 fully saturated rings. The molecule has 9 unspecified atom stereocenters. The summed E-state index contributed by atoms with van der Waals surface area (Å²) < 4.78 is 44.3. The first kappa shape index (κ1) is 79.2. The first-order valence-corrected chi connectivity index (χ1v) is 34.5. The molecule has 84 heavy (non-hydrogen) atoms. The van der Waals surface area contributed by atoms with Gasteiger partial charge < -0.3 is 37.9 Å². The van der Waals surface area contributed by atoms with Crippen molar-refractivity contribution in [2.75, 3.05) is 20.3 Å². The fraction of sp³-hybridized carbons (Fsp3) is 0.930. The third-order valence-corrected chi connectivity index (χ3v) is 19.8. The predicted molar refractivity (Wildman–Crippen MR) is 339 cm³/mol. The maximum absolute atomic E-state index is 12.7. The average molecular weight is 1190 g/mol. The molecule has 5 aliphatic carbocycles. The normalized spacial score (nSPS) is 22.3. The van der Waals surface area contributed by atoms with Crippen LogP contribution in [0.15, 0.2) is 0 Å². The second-order valence-electron chi connectivity index (χ2n) is 27.7. The van der Waals surface area contributed by atoms with E-state index in [0.29, 0.717) is 31.0 Å². The zero-order valence-electron chi connectivity index (χ0n) is 58.1. The summed E-state index contributed by atoms with van der Waals surface area (Å²) >= 11 is 0. The van der Waals surface area contributed by atoms with Gasteiger partial charge in [0.15, 0.2) is 0 Å². The van der Waals surface area contributed by atoms with E-state index in [1.807, 2.05) is 111 Å². The number of fused-ring (bicyclic) bond motifs is 2. The molecule has 13 nitrogen and oxygen atoms in total. The maximum Gasteiger partial charge on any atom is 0.312 e. The van der Waals surface area contributed by atoms with Gasteiger partial charge in [-0.1, -0.05) is 135 Å². The van der Waals surface area contributed by atoms with Crippen molar-refractivity contribution in [3.05, 3.63) is 0 Å². The molecule has 0 amide bonds. The smallest absolute Gasteiger partial charge is 0.312 e. The Hall–Kier alpha value is -2.77. The van der Waals surface area contributed by atoms with Crippen LogP contribution < -0.4 is 0 Å². The van der Waals surface area contributed by atoms with Crippen molar-refractivity contribution in [3.63, 3.8) is 0 Å². The Morgan fingerprint density at radius 3 is 1.18 bits per heavy atom. The van der Waals surface area contributed by atoms with Crippen LogP contribution in [0.1, 0.15) is 305 Å². The van der Waals surface area contributed by atoms with Gasteiger partial charge in [-0.3, -0.25) is 24.0 Å². The molecule has 494 valence electrons. The number of hydrogen-bond donors (Lipinski definition) is 0. The predicted octanol–water partition coefficient (Wildman–Crippen LogP) is 18.5. The molecule has 0 N–H and O–H groups in total. The molecule has 0 saturated heterocycles. The Balaban J connectivity index is 0.000000533. The zero-order valence-corrected chi connectivity index (χ0v) is 58.1. The molecule has 0 aromatic carbocycles. The van der Waals surface area contributed by atoms with Crippen molar-refractivity contribution in [2.45, 2.75) is 335 Å². The Morgan fingerprint density at radius 2 is 0.833 bits per heavy atom. The van der Waals surface area contributed by atoms with Crippen LogP contribution in [0.2, 0.25) is 0 Å². The third-order valence-electron chi connectivity index (χ3n) is 19.8. The lowest BCUT2D eigenvalue weighted by Crippen LogP contribution is -2.48. The molecule has 2 bridgehead atoms. The van der Waals surface area contributed by atoms with Gasteiger partial charge in [0.1, 0.15) is 11.2 Å². The van der Waals surface area contributed by atoms with Gasteiger partial charge in [-0.2, -0.15) is 0 Å². The van der Waals surface area contributed by atoms with Gasteiger partial charge in [-0.15, -0.1) is 0 Å². The van der Waals surface area contributed by atoms with E-state index < -0.39 is 12.6 Å². The molecule has 13 heteroatoms. The van der Waals surface area contributed by atoms with E-state index in [1.165, 1.54) is 96.3 Å². The minimum atomic E-state index is -0.415. The lowest BCUT2D eigenvalue weighted by atomic mass is 9.69. The molecular formula is C71H132O13. The minimum absolute atomic E-state index is 0.0347. The summed E-state index contributed by atoms with van der Waals surface area (Å²) in [5.41, 5.74) is -0.898. The SMILES string of the molecule is CCC(C)(C)C(=O)OC1(C2CC3CCC2C3)CCCCC1.CCC(C)(C)C(=O)OC1(C2CCCCC2)CCCCC1.CCC(C)C(=O)OC(OC)C(C)C.CCOC(OC(=O)C(C)CC)C(C)C.CCOC(OC(=O)C(C)CC)C(CC)CC. The van der Waals surface area contributed by atoms with E-state index in [1.54, 1.807) is 7.11 Å². The van der Waals surface area contributed by atoms with E-state index in [0.717, 1.165) is 82.5 Å². The summed E-state index contributed by atoms with van der Waals surface area (Å²) in [6.45, 7) is 40.8. The molecule has 9 atom stereocenters. The summed E-state index contributed by atoms with van der Waals surface area (Å²) in [6, 6.07) is 0. The second-order valence-corrected chi connectivity index (χ2v) is 27.7. The van der Waals surface area contributed by atoms with Crippen LogP contribution in [0.5, 0.6) is 0 Å². The van der Waals surface area contributed by atoms with Crippen LogP contribution in [-0.4, -0.2) is 80.2 Å². The van der Waals surface area contributed by atoms with E-state index in [-0.39, 0.29) is 87.8 Å². The van der Waals surface area contributed by atoms with Crippen molar-refractivity contribution in [2.24, 2.45) is 70.0 Å². The van der Waals surface area contributed by atoms with Gasteiger partial charge in [0.2, 0.25) is 18.9 Å². The molecule has 0 radical (unpaired) electrons. The number of hydrogen-bond acceptors (Lipinski definition) is 13. The van der Waals surface area contributed by atoms with Gasteiger partial charge in [-0.25, -0.2) is 0 Å². The summed E-state index contributed by atoms with van der Waals surface area (Å²) in [7, 11) is 1.55.